The van der Waals surface area contributed by atoms with Gasteiger partial charge in [-0.15, -0.1) is 0 Å². The van der Waals surface area contributed by atoms with E-state index in [4.69, 9.17) is 4.74 Å². The highest BCUT2D eigenvalue weighted by Gasteiger charge is 2.07. The first-order chi connectivity index (χ1) is 10.0. The zero-order chi connectivity index (χ0) is 15.0. The van der Waals surface area contributed by atoms with Crippen molar-refractivity contribution in [3.05, 3.63) is 52.8 Å². The number of aryl methyl sites for hydroxylation is 1. The molecule has 0 bridgehead atoms. The van der Waals surface area contributed by atoms with Crippen molar-refractivity contribution in [1.82, 2.24) is 9.55 Å². The van der Waals surface area contributed by atoms with E-state index in [0.717, 1.165) is 26.9 Å². The van der Waals surface area contributed by atoms with Gasteiger partial charge < -0.3 is 4.74 Å². The van der Waals surface area contributed by atoms with Gasteiger partial charge in [-0.05, 0) is 62.7 Å². The van der Waals surface area contributed by atoms with Crippen LogP contribution in [0, 0.1) is 6.92 Å². The minimum Gasteiger partial charge on any atom is -0.491 e. The van der Waals surface area contributed by atoms with Crippen LogP contribution in [0.25, 0.3) is 16.7 Å². The maximum atomic E-state index is 5.68. The van der Waals surface area contributed by atoms with Crippen LogP contribution in [0.1, 0.15) is 19.4 Å². The molecule has 4 heteroatoms. The zero-order valence-corrected chi connectivity index (χ0v) is 13.9. The van der Waals surface area contributed by atoms with E-state index in [1.54, 1.807) is 0 Å². The highest BCUT2D eigenvalue weighted by Crippen LogP contribution is 2.26. The van der Waals surface area contributed by atoms with Gasteiger partial charge in [0.1, 0.15) is 12.1 Å². The van der Waals surface area contributed by atoms with Crippen molar-refractivity contribution in [3.8, 4) is 11.4 Å². The van der Waals surface area contributed by atoms with Crippen molar-refractivity contribution in [2.45, 2.75) is 26.9 Å². The van der Waals surface area contributed by atoms with Crippen molar-refractivity contribution in [2.75, 3.05) is 0 Å². The SMILES string of the molecule is Cc1cc2ncn(-c3ccc(OC(C)C)cc3)c2cc1Br. The summed E-state index contributed by atoms with van der Waals surface area (Å²) < 4.78 is 8.85. The summed E-state index contributed by atoms with van der Waals surface area (Å²) in [7, 11) is 0. The zero-order valence-electron chi connectivity index (χ0n) is 12.3. The number of ether oxygens (including phenoxy) is 1. The molecule has 3 aromatic rings. The van der Waals surface area contributed by atoms with Gasteiger partial charge in [0.15, 0.2) is 0 Å². The fourth-order valence-corrected chi connectivity index (χ4v) is 2.63. The summed E-state index contributed by atoms with van der Waals surface area (Å²) in [6.45, 7) is 6.12. The monoisotopic (exact) mass is 344 g/mol. The third-order valence-corrected chi connectivity index (χ3v) is 4.17. The van der Waals surface area contributed by atoms with Crippen LogP contribution in [0.2, 0.25) is 0 Å². The second kappa shape index (κ2) is 5.53. The summed E-state index contributed by atoms with van der Waals surface area (Å²) in [6.07, 6.45) is 2.04. The van der Waals surface area contributed by atoms with Crippen LogP contribution in [0.4, 0.5) is 0 Å². The van der Waals surface area contributed by atoms with E-state index in [0.29, 0.717) is 0 Å². The van der Waals surface area contributed by atoms with Crippen molar-refractivity contribution >= 4 is 27.0 Å². The first kappa shape index (κ1) is 14.1. The Morgan fingerprint density at radius 3 is 2.52 bits per heavy atom. The molecule has 0 saturated carbocycles. The van der Waals surface area contributed by atoms with Crippen LogP contribution in [-0.2, 0) is 0 Å². The number of fused-ring (bicyclic) bond motifs is 1. The Labute approximate surface area is 132 Å². The second-order valence-corrected chi connectivity index (χ2v) is 6.22. The van der Waals surface area contributed by atoms with Crippen LogP contribution in [0.5, 0.6) is 5.75 Å². The molecule has 0 fully saturated rings. The van der Waals surface area contributed by atoms with Gasteiger partial charge in [0.2, 0.25) is 0 Å². The molecule has 1 aromatic heterocycles. The molecule has 0 amide bonds. The first-order valence-corrected chi connectivity index (χ1v) is 7.74. The summed E-state index contributed by atoms with van der Waals surface area (Å²) in [4.78, 5) is 4.48. The fraction of sp³-hybridized carbons (Fsp3) is 0.235. The Balaban J connectivity index is 2.02. The van der Waals surface area contributed by atoms with E-state index in [2.05, 4.69) is 44.5 Å². The minimum absolute atomic E-state index is 0.184. The molecule has 3 rings (SSSR count). The van der Waals surface area contributed by atoms with Gasteiger partial charge in [-0.1, -0.05) is 15.9 Å². The minimum atomic E-state index is 0.184. The molecule has 0 spiro atoms. The molecule has 108 valence electrons. The number of hydrogen-bond acceptors (Lipinski definition) is 2. The Morgan fingerprint density at radius 2 is 1.86 bits per heavy atom. The maximum Gasteiger partial charge on any atom is 0.119 e. The molecule has 1 heterocycles. The lowest BCUT2D eigenvalue weighted by molar-refractivity contribution is 0.242. The van der Waals surface area contributed by atoms with Crippen molar-refractivity contribution in [3.63, 3.8) is 0 Å². The fourth-order valence-electron chi connectivity index (χ4n) is 2.30. The number of hydrogen-bond donors (Lipinski definition) is 0. The third kappa shape index (κ3) is 2.81. The Bertz CT molecular complexity index is 775. The molecule has 0 N–H and O–H groups in total. The highest BCUT2D eigenvalue weighted by molar-refractivity contribution is 9.10. The van der Waals surface area contributed by atoms with Crippen LogP contribution < -0.4 is 4.74 Å². The Kier molecular flexibility index (Phi) is 3.72. The third-order valence-electron chi connectivity index (χ3n) is 3.31. The molecular weight excluding hydrogens is 328 g/mol. The standard InChI is InChI=1S/C17H17BrN2O/c1-11(2)21-14-6-4-13(5-7-14)20-10-19-16-8-12(3)15(18)9-17(16)20/h4-11H,1-3H3. The molecule has 0 aliphatic carbocycles. The van der Waals surface area contributed by atoms with Crippen molar-refractivity contribution in [2.24, 2.45) is 0 Å². The molecule has 0 aliphatic heterocycles. The number of rotatable bonds is 3. The van der Waals surface area contributed by atoms with E-state index >= 15 is 0 Å². The summed E-state index contributed by atoms with van der Waals surface area (Å²) in [5, 5.41) is 0. The predicted octanol–water partition coefficient (Wildman–Crippen LogP) is 4.88. The van der Waals surface area contributed by atoms with Crippen LogP contribution in [-0.4, -0.2) is 15.7 Å². The molecule has 3 nitrogen and oxygen atoms in total. The van der Waals surface area contributed by atoms with E-state index in [9.17, 15) is 0 Å². The van der Waals surface area contributed by atoms with Crippen molar-refractivity contribution in [1.29, 1.82) is 0 Å². The summed E-state index contributed by atoms with van der Waals surface area (Å²) in [6, 6.07) is 12.3. The van der Waals surface area contributed by atoms with Crippen LogP contribution >= 0.6 is 15.9 Å². The average Bonchev–Trinajstić information content (AvgIpc) is 2.82. The number of aromatic nitrogens is 2. The quantitative estimate of drug-likeness (QED) is 0.676. The molecular formula is C17H17BrN2O. The van der Waals surface area contributed by atoms with Crippen LogP contribution in [0.15, 0.2) is 47.2 Å². The van der Waals surface area contributed by atoms with Crippen molar-refractivity contribution < 1.29 is 4.74 Å². The Morgan fingerprint density at radius 1 is 1.14 bits per heavy atom. The maximum absolute atomic E-state index is 5.68. The van der Waals surface area contributed by atoms with Gasteiger partial charge in [0.05, 0.1) is 17.1 Å². The lowest BCUT2D eigenvalue weighted by atomic mass is 10.2. The molecule has 0 aliphatic rings. The molecule has 0 radical (unpaired) electrons. The number of nitrogens with zero attached hydrogens (tertiary/aromatic N) is 2. The molecule has 2 aromatic carbocycles. The lowest BCUT2D eigenvalue weighted by Crippen LogP contribution is -2.05. The molecule has 0 saturated heterocycles. The second-order valence-electron chi connectivity index (χ2n) is 5.37. The number of halogens is 1. The van der Waals surface area contributed by atoms with E-state index in [1.807, 2.05) is 44.4 Å². The predicted molar refractivity (Wildman–Crippen MR) is 89.3 cm³/mol. The van der Waals surface area contributed by atoms with Gasteiger partial charge in [-0.2, -0.15) is 0 Å². The van der Waals surface area contributed by atoms with Gasteiger partial charge in [-0.3, -0.25) is 4.57 Å². The molecule has 0 unspecified atom stereocenters. The summed E-state index contributed by atoms with van der Waals surface area (Å²) >= 11 is 3.59. The largest absolute Gasteiger partial charge is 0.491 e. The number of imidazole rings is 1. The van der Waals surface area contributed by atoms with E-state index in [1.165, 1.54) is 5.56 Å². The summed E-state index contributed by atoms with van der Waals surface area (Å²) in [5.74, 6) is 0.884. The normalized spacial score (nSPS) is 11.3. The summed E-state index contributed by atoms with van der Waals surface area (Å²) in [5.41, 5.74) is 4.35. The average molecular weight is 345 g/mol. The van der Waals surface area contributed by atoms with Gasteiger partial charge in [-0.25, -0.2) is 4.98 Å². The first-order valence-electron chi connectivity index (χ1n) is 6.95. The van der Waals surface area contributed by atoms with Crippen LogP contribution in [0.3, 0.4) is 0 Å². The van der Waals surface area contributed by atoms with Gasteiger partial charge >= 0.3 is 0 Å². The smallest absolute Gasteiger partial charge is 0.119 e. The lowest BCUT2D eigenvalue weighted by Gasteiger charge is -2.11. The topological polar surface area (TPSA) is 27.1 Å². The van der Waals surface area contributed by atoms with E-state index < -0.39 is 0 Å². The highest BCUT2D eigenvalue weighted by atomic mass is 79.9. The molecule has 0 atom stereocenters. The Hall–Kier alpha value is -1.81. The molecule has 21 heavy (non-hydrogen) atoms. The van der Waals surface area contributed by atoms with Gasteiger partial charge in [0.25, 0.3) is 0 Å². The van der Waals surface area contributed by atoms with E-state index in [-0.39, 0.29) is 6.10 Å². The number of benzene rings is 2. The van der Waals surface area contributed by atoms with Gasteiger partial charge in [0, 0.05) is 10.2 Å².